The van der Waals surface area contributed by atoms with Gasteiger partial charge in [-0.15, -0.1) is 0 Å². The van der Waals surface area contributed by atoms with Crippen LogP contribution in [0.15, 0.2) is 84.9 Å². The van der Waals surface area contributed by atoms with Crippen LogP contribution in [0.2, 0.25) is 0 Å². The SMILES string of the molecule is CCC(c1ccccc1)c1ccccc1C(C)c1ccccc1. The molecule has 0 fully saturated rings. The molecule has 0 saturated carbocycles. The van der Waals surface area contributed by atoms with Crippen molar-refractivity contribution in [3.8, 4) is 0 Å². The lowest BCUT2D eigenvalue weighted by Crippen LogP contribution is -2.07. The molecule has 0 heteroatoms. The van der Waals surface area contributed by atoms with E-state index >= 15 is 0 Å². The average molecular weight is 300 g/mol. The minimum absolute atomic E-state index is 0.408. The topological polar surface area (TPSA) is 0 Å². The molecule has 2 unspecified atom stereocenters. The molecule has 3 rings (SSSR count). The van der Waals surface area contributed by atoms with E-state index in [9.17, 15) is 0 Å². The lowest BCUT2D eigenvalue weighted by molar-refractivity contribution is 0.752. The molecule has 0 aliphatic carbocycles. The molecule has 0 aliphatic heterocycles. The Morgan fingerprint density at radius 2 is 1.09 bits per heavy atom. The fourth-order valence-corrected chi connectivity index (χ4v) is 3.46. The number of hydrogen-bond donors (Lipinski definition) is 0. The summed E-state index contributed by atoms with van der Waals surface area (Å²) in [5, 5.41) is 0. The maximum Gasteiger partial charge on any atom is 0.00896 e. The molecule has 0 heterocycles. The third-order valence-corrected chi connectivity index (χ3v) is 4.75. The van der Waals surface area contributed by atoms with E-state index in [4.69, 9.17) is 0 Å². The Morgan fingerprint density at radius 1 is 0.609 bits per heavy atom. The molecule has 116 valence electrons. The quantitative estimate of drug-likeness (QED) is 0.513. The van der Waals surface area contributed by atoms with E-state index in [1.165, 1.54) is 22.3 Å². The van der Waals surface area contributed by atoms with E-state index in [2.05, 4.69) is 98.8 Å². The summed E-state index contributed by atoms with van der Waals surface area (Å²) in [4.78, 5) is 0. The summed E-state index contributed by atoms with van der Waals surface area (Å²) in [6, 6.07) is 30.6. The summed E-state index contributed by atoms with van der Waals surface area (Å²) in [6.45, 7) is 4.59. The van der Waals surface area contributed by atoms with Gasteiger partial charge in [0.05, 0.1) is 0 Å². The minimum Gasteiger partial charge on any atom is -0.0645 e. The molecule has 0 N–H and O–H groups in total. The first-order valence-electron chi connectivity index (χ1n) is 8.50. The minimum atomic E-state index is 0.408. The van der Waals surface area contributed by atoms with Gasteiger partial charge in [0, 0.05) is 11.8 Å². The van der Waals surface area contributed by atoms with E-state index in [1.54, 1.807) is 0 Å². The number of rotatable bonds is 5. The standard InChI is InChI=1S/C23H24/c1-3-21(20-14-8-5-9-15-20)23-17-11-10-16-22(23)18(2)19-12-6-4-7-13-19/h4-18,21H,3H2,1-2H3. The van der Waals surface area contributed by atoms with Crippen LogP contribution in [0, 0.1) is 0 Å². The predicted molar refractivity (Wildman–Crippen MR) is 99.0 cm³/mol. The zero-order chi connectivity index (χ0) is 16.1. The average Bonchev–Trinajstić information content (AvgIpc) is 2.64. The molecule has 23 heavy (non-hydrogen) atoms. The van der Waals surface area contributed by atoms with Crippen LogP contribution in [-0.2, 0) is 0 Å². The number of benzene rings is 3. The molecule has 2 atom stereocenters. The van der Waals surface area contributed by atoms with Crippen molar-refractivity contribution in [2.45, 2.75) is 32.1 Å². The molecule has 0 nitrogen and oxygen atoms in total. The van der Waals surface area contributed by atoms with Gasteiger partial charge in [-0.1, -0.05) is 98.8 Å². The third-order valence-electron chi connectivity index (χ3n) is 4.75. The van der Waals surface area contributed by atoms with Gasteiger partial charge in [-0.25, -0.2) is 0 Å². The van der Waals surface area contributed by atoms with Gasteiger partial charge < -0.3 is 0 Å². The summed E-state index contributed by atoms with van der Waals surface area (Å²) in [7, 11) is 0. The Kier molecular flexibility index (Phi) is 4.92. The van der Waals surface area contributed by atoms with Gasteiger partial charge in [-0.05, 0) is 28.7 Å². The second-order valence-corrected chi connectivity index (χ2v) is 6.13. The van der Waals surface area contributed by atoms with Crippen LogP contribution in [0.5, 0.6) is 0 Å². The monoisotopic (exact) mass is 300 g/mol. The van der Waals surface area contributed by atoms with Gasteiger partial charge in [0.15, 0.2) is 0 Å². The van der Waals surface area contributed by atoms with Gasteiger partial charge in [-0.2, -0.15) is 0 Å². The fraction of sp³-hybridized carbons (Fsp3) is 0.217. The lowest BCUT2D eigenvalue weighted by Gasteiger charge is -2.23. The van der Waals surface area contributed by atoms with E-state index in [-0.39, 0.29) is 0 Å². The van der Waals surface area contributed by atoms with Crippen molar-refractivity contribution in [1.29, 1.82) is 0 Å². The molecule has 0 spiro atoms. The van der Waals surface area contributed by atoms with Crippen LogP contribution < -0.4 is 0 Å². The van der Waals surface area contributed by atoms with E-state index in [1.807, 2.05) is 0 Å². The molecule has 3 aromatic rings. The van der Waals surface area contributed by atoms with Gasteiger partial charge in [0.1, 0.15) is 0 Å². The van der Waals surface area contributed by atoms with Crippen LogP contribution in [0.3, 0.4) is 0 Å². The largest absolute Gasteiger partial charge is 0.0645 e. The van der Waals surface area contributed by atoms with Crippen molar-refractivity contribution in [3.05, 3.63) is 107 Å². The summed E-state index contributed by atoms with van der Waals surface area (Å²) >= 11 is 0. The summed E-state index contributed by atoms with van der Waals surface area (Å²) in [5.74, 6) is 0.865. The highest BCUT2D eigenvalue weighted by Crippen LogP contribution is 2.35. The highest BCUT2D eigenvalue weighted by atomic mass is 14.2. The Bertz CT molecular complexity index is 728. The van der Waals surface area contributed by atoms with Crippen molar-refractivity contribution in [1.82, 2.24) is 0 Å². The molecule has 0 radical (unpaired) electrons. The first kappa shape index (κ1) is 15.6. The first-order chi connectivity index (χ1) is 11.3. The molecular formula is C23H24. The normalized spacial score (nSPS) is 13.5. The van der Waals surface area contributed by atoms with Crippen molar-refractivity contribution >= 4 is 0 Å². The van der Waals surface area contributed by atoms with Crippen LogP contribution >= 0.6 is 0 Å². The fourth-order valence-electron chi connectivity index (χ4n) is 3.46. The molecule has 0 saturated heterocycles. The molecule has 0 aromatic heterocycles. The van der Waals surface area contributed by atoms with Gasteiger partial charge in [-0.3, -0.25) is 0 Å². The smallest absolute Gasteiger partial charge is 0.00896 e. The highest BCUT2D eigenvalue weighted by molar-refractivity contribution is 5.43. The number of hydrogen-bond acceptors (Lipinski definition) is 0. The van der Waals surface area contributed by atoms with Crippen LogP contribution in [0.4, 0.5) is 0 Å². The summed E-state index contributed by atoms with van der Waals surface area (Å²) in [5.41, 5.74) is 5.68. The molecule has 0 aliphatic rings. The lowest BCUT2D eigenvalue weighted by atomic mass is 9.81. The van der Waals surface area contributed by atoms with E-state index in [0.717, 1.165) is 6.42 Å². The highest BCUT2D eigenvalue weighted by Gasteiger charge is 2.19. The summed E-state index contributed by atoms with van der Waals surface area (Å²) < 4.78 is 0. The van der Waals surface area contributed by atoms with Crippen LogP contribution in [-0.4, -0.2) is 0 Å². The van der Waals surface area contributed by atoms with Crippen molar-refractivity contribution < 1.29 is 0 Å². The first-order valence-corrected chi connectivity index (χ1v) is 8.50. The molecular weight excluding hydrogens is 276 g/mol. The van der Waals surface area contributed by atoms with E-state index in [0.29, 0.717) is 11.8 Å². The van der Waals surface area contributed by atoms with Gasteiger partial charge in [0.25, 0.3) is 0 Å². The molecule has 3 aromatic carbocycles. The zero-order valence-corrected chi connectivity index (χ0v) is 13.9. The Hall–Kier alpha value is -2.34. The van der Waals surface area contributed by atoms with Crippen LogP contribution in [0.25, 0.3) is 0 Å². The Balaban J connectivity index is 2.04. The molecule has 0 bridgehead atoms. The van der Waals surface area contributed by atoms with Crippen LogP contribution in [0.1, 0.15) is 54.4 Å². The maximum absolute atomic E-state index is 2.31. The van der Waals surface area contributed by atoms with Crippen molar-refractivity contribution in [3.63, 3.8) is 0 Å². The summed E-state index contributed by atoms with van der Waals surface area (Å²) in [6.07, 6.45) is 1.11. The Labute approximate surface area is 139 Å². The Morgan fingerprint density at radius 3 is 1.65 bits per heavy atom. The van der Waals surface area contributed by atoms with Gasteiger partial charge >= 0.3 is 0 Å². The maximum atomic E-state index is 2.31. The van der Waals surface area contributed by atoms with Gasteiger partial charge in [0.2, 0.25) is 0 Å². The predicted octanol–water partition coefficient (Wildman–Crippen LogP) is 6.38. The second kappa shape index (κ2) is 7.28. The van der Waals surface area contributed by atoms with Crippen molar-refractivity contribution in [2.24, 2.45) is 0 Å². The van der Waals surface area contributed by atoms with Crippen molar-refractivity contribution in [2.75, 3.05) is 0 Å². The second-order valence-electron chi connectivity index (χ2n) is 6.13. The van der Waals surface area contributed by atoms with E-state index < -0.39 is 0 Å². The molecule has 0 amide bonds. The zero-order valence-electron chi connectivity index (χ0n) is 13.9. The third kappa shape index (κ3) is 3.37.